The number of H-pyrrole nitrogens is 1. The van der Waals surface area contributed by atoms with E-state index in [-0.39, 0.29) is 30.0 Å². The van der Waals surface area contributed by atoms with E-state index in [1.807, 2.05) is 6.92 Å². The van der Waals surface area contributed by atoms with Crippen molar-refractivity contribution < 1.29 is 17.9 Å². The summed E-state index contributed by atoms with van der Waals surface area (Å²) in [6.45, 7) is 2.56. The van der Waals surface area contributed by atoms with Gasteiger partial charge in [0.15, 0.2) is 5.65 Å². The van der Waals surface area contributed by atoms with Crippen LogP contribution in [-0.2, 0) is 17.3 Å². The molecule has 9 heteroatoms. The molecule has 0 bridgehead atoms. The monoisotopic (exact) mass is 392 g/mol. The van der Waals surface area contributed by atoms with Crippen molar-refractivity contribution in [2.75, 3.05) is 6.61 Å². The molecule has 28 heavy (non-hydrogen) atoms. The van der Waals surface area contributed by atoms with E-state index in [2.05, 4.69) is 15.1 Å². The Balaban J connectivity index is 1.74. The molecule has 0 amide bonds. The zero-order valence-electron chi connectivity index (χ0n) is 15.2. The van der Waals surface area contributed by atoms with Crippen LogP contribution in [0.2, 0.25) is 0 Å². The van der Waals surface area contributed by atoms with Crippen LogP contribution in [0.25, 0.3) is 11.0 Å². The lowest BCUT2D eigenvalue weighted by atomic mass is 10.0. The zero-order chi connectivity index (χ0) is 19.9. The Bertz CT molecular complexity index is 1060. The third kappa shape index (κ3) is 3.54. The van der Waals surface area contributed by atoms with E-state index in [0.717, 1.165) is 18.9 Å². The van der Waals surface area contributed by atoms with E-state index in [1.54, 1.807) is 4.68 Å². The van der Waals surface area contributed by atoms with E-state index in [4.69, 9.17) is 4.74 Å². The molecule has 1 aromatic carbocycles. The Hall–Kier alpha value is -2.68. The third-order valence-electron chi connectivity index (χ3n) is 5.00. The summed E-state index contributed by atoms with van der Waals surface area (Å²) in [5, 5.41) is 4.64. The quantitative estimate of drug-likeness (QED) is 0.741. The maximum atomic E-state index is 13.3. The number of hydrogen-bond acceptors (Lipinski definition) is 4. The molecule has 148 valence electrons. The largest absolute Gasteiger partial charge is 0.416 e. The molecule has 0 unspecified atom stereocenters. The number of rotatable bonds is 3. The lowest BCUT2D eigenvalue weighted by Crippen LogP contribution is -2.26. The van der Waals surface area contributed by atoms with Gasteiger partial charge >= 0.3 is 6.18 Å². The fourth-order valence-electron chi connectivity index (χ4n) is 3.66. The number of aromatic amines is 1. The highest BCUT2D eigenvalue weighted by molar-refractivity contribution is 5.73. The van der Waals surface area contributed by atoms with Crippen molar-refractivity contribution in [3.63, 3.8) is 0 Å². The van der Waals surface area contributed by atoms with Crippen molar-refractivity contribution in [1.82, 2.24) is 19.7 Å². The number of alkyl halides is 3. The summed E-state index contributed by atoms with van der Waals surface area (Å²) in [6, 6.07) is 5.33. The molecule has 1 aliphatic heterocycles. The minimum absolute atomic E-state index is 0.0332. The maximum absolute atomic E-state index is 13.3. The van der Waals surface area contributed by atoms with Gasteiger partial charge in [0.2, 0.25) is 0 Å². The van der Waals surface area contributed by atoms with Gasteiger partial charge in [-0.1, -0.05) is 18.2 Å². The van der Waals surface area contributed by atoms with Crippen LogP contribution in [0.4, 0.5) is 13.2 Å². The summed E-state index contributed by atoms with van der Waals surface area (Å²) in [6.07, 6.45) is -1.61. The van der Waals surface area contributed by atoms with Crippen molar-refractivity contribution >= 4 is 11.0 Å². The van der Waals surface area contributed by atoms with Crippen LogP contribution < -0.4 is 5.56 Å². The summed E-state index contributed by atoms with van der Waals surface area (Å²) < 4.78 is 47.0. The molecular formula is C19H19F3N4O2. The minimum Gasteiger partial charge on any atom is -0.378 e. The van der Waals surface area contributed by atoms with Crippen LogP contribution >= 0.6 is 0 Å². The Labute approximate surface area is 158 Å². The first-order valence-electron chi connectivity index (χ1n) is 9.06. The molecular weight excluding hydrogens is 373 g/mol. The molecule has 2 aromatic heterocycles. The molecule has 1 aliphatic rings. The summed E-state index contributed by atoms with van der Waals surface area (Å²) in [5.41, 5.74) is -0.689. The topological polar surface area (TPSA) is 72.8 Å². The SMILES string of the molecule is C[C@@H]1C[C@H](n2ncc3c(=O)[nH]c(Cc4ccccc4C(F)(F)F)nc32)CCO1. The highest BCUT2D eigenvalue weighted by Gasteiger charge is 2.33. The Morgan fingerprint density at radius 3 is 2.86 bits per heavy atom. The van der Waals surface area contributed by atoms with Crippen LogP contribution in [0.3, 0.4) is 0 Å². The fraction of sp³-hybridized carbons (Fsp3) is 0.421. The molecule has 1 saturated heterocycles. The molecule has 0 radical (unpaired) electrons. The van der Waals surface area contributed by atoms with Crippen molar-refractivity contribution in [1.29, 1.82) is 0 Å². The second kappa shape index (κ2) is 7.05. The molecule has 1 N–H and O–H groups in total. The summed E-state index contributed by atoms with van der Waals surface area (Å²) >= 11 is 0. The summed E-state index contributed by atoms with van der Waals surface area (Å²) in [7, 11) is 0. The molecule has 3 aromatic rings. The summed E-state index contributed by atoms with van der Waals surface area (Å²) in [4.78, 5) is 19.5. The van der Waals surface area contributed by atoms with Crippen molar-refractivity contribution in [2.24, 2.45) is 0 Å². The molecule has 1 fully saturated rings. The van der Waals surface area contributed by atoms with E-state index < -0.39 is 17.3 Å². The van der Waals surface area contributed by atoms with E-state index in [1.165, 1.54) is 24.4 Å². The number of halogens is 3. The van der Waals surface area contributed by atoms with Gasteiger partial charge in [0.25, 0.3) is 5.56 Å². The Morgan fingerprint density at radius 1 is 1.32 bits per heavy atom. The lowest BCUT2D eigenvalue weighted by Gasteiger charge is -2.27. The lowest BCUT2D eigenvalue weighted by molar-refractivity contribution is -0.138. The van der Waals surface area contributed by atoms with Gasteiger partial charge in [-0.05, 0) is 31.4 Å². The van der Waals surface area contributed by atoms with Gasteiger partial charge in [-0.25, -0.2) is 9.67 Å². The number of nitrogens with zero attached hydrogens (tertiary/aromatic N) is 3. The normalized spacial score (nSPS) is 20.6. The molecule has 6 nitrogen and oxygen atoms in total. The highest BCUT2D eigenvalue weighted by atomic mass is 19.4. The maximum Gasteiger partial charge on any atom is 0.416 e. The molecule has 2 atom stereocenters. The number of hydrogen-bond donors (Lipinski definition) is 1. The van der Waals surface area contributed by atoms with Gasteiger partial charge in [0, 0.05) is 13.0 Å². The Kier molecular flexibility index (Phi) is 4.70. The number of nitrogens with one attached hydrogen (secondary N) is 1. The minimum atomic E-state index is -4.47. The zero-order valence-corrected chi connectivity index (χ0v) is 15.2. The highest BCUT2D eigenvalue weighted by Crippen LogP contribution is 2.32. The van der Waals surface area contributed by atoms with Crippen LogP contribution in [0.5, 0.6) is 0 Å². The van der Waals surface area contributed by atoms with Crippen molar-refractivity contribution in [2.45, 2.75) is 44.5 Å². The first-order chi connectivity index (χ1) is 13.3. The van der Waals surface area contributed by atoms with Gasteiger partial charge < -0.3 is 9.72 Å². The first-order valence-corrected chi connectivity index (χ1v) is 9.06. The molecule has 0 saturated carbocycles. The molecule has 3 heterocycles. The van der Waals surface area contributed by atoms with Crippen LogP contribution in [0.1, 0.15) is 42.8 Å². The second-order valence-corrected chi connectivity index (χ2v) is 7.03. The number of fused-ring (bicyclic) bond motifs is 1. The predicted octanol–water partition coefficient (Wildman–Crippen LogP) is 3.47. The average molecular weight is 392 g/mol. The van der Waals surface area contributed by atoms with Gasteiger partial charge in [-0.15, -0.1) is 0 Å². The van der Waals surface area contributed by atoms with E-state index in [9.17, 15) is 18.0 Å². The van der Waals surface area contributed by atoms with Gasteiger partial charge in [0.1, 0.15) is 11.2 Å². The van der Waals surface area contributed by atoms with Crippen molar-refractivity contribution in [3.05, 3.63) is 57.8 Å². The van der Waals surface area contributed by atoms with Gasteiger partial charge in [-0.3, -0.25) is 4.79 Å². The van der Waals surface area contributed by atoms with Crippen LogP contribution in [0, 0.1) is 0 Å². The number of aromatic nitrogens is 4. The molecule has 0 spiro atoms. The standard InChI is InChI=1S/C19H19F3N4O2/c1-11-8-13(6-7-28-11)26-17-14(10-23-26)18(27)25-16(24-17)9-12-4-2-3-5-15(12)19(20,21)22/h2-5,10-11,13H,6-9H2,1H3,(H,24,25,27)/t11-,13-/m1/s1. The summed E-state index contributed by atoms with van der Waals surface area (Å²) in [5.74, 6) is 0.177. The van der Waals surface area contributed by atoms with Gasteiger partial charge in [0.05, 0.1) is 23.9 Å². The number of benzene rings is 1. The smallest absolute Gasteiger partial charge is 0.378 e. The van der Waals surface area contributed by atoms with E-state index >= 15 is 0 Å². The van der Waals surface area contributed by atoms with Crippen LogP contribution in [0.15, 0.2) is 35.3 Å². The fourth-order valence-corrected chi connectivity index (χ4v) is 3.66. The predicted molar refractivity (Wildman–Crippen MR) is 96.1 cm³/mol. The van der Waals surface area contributed by atoms with Crippen molar-refractivity contribution in [3.8, 4) is 0 Å². The Morgan fingerprint density at radius 2 is 2.11 bits per heavy atom. The number of ether oxygens (including phenoxy) is 1. The van der Waals surface area contributed by atoms with E-state index in [0.29, 0.717) is 17.6 Å². The first kappa shape index (κ1) is 18.7. The van der Waals surface area contributed by atoms with Gasteiger partial charge in [-0.2, -0.15) is 18.3 Å². The van der Waals surface area contributed by atoms with Crippen LogP contribution in [-0.4, -0.2) is 32.5 Å². The molecule has 4 rings (SSSR count). The average Bonchev–Trinajstić information content (AvgIpc) is 3.06. The second-order valence-electron chi connectivity index (χ2n) is 7.03. The molecule has 0 aliphatic carbocycles. The third-order valence-corrected chi connectivity index (χ3v) is 5.00.